The first kappa shape index (κ1) is 19.1. The number of methoxy groups -OCH3 is 1. The van der Waals surface area contributed by atoms with E-state index in [1.54, 1.807) is 43.5 Å². The van der Waals surface area contributed by atoms with Gasteiger partial charge in [-0.2, -0.15) is 0 Å². The SMILES string of the molecule is CCN(c1ccc(C(=O)Nc2ccc(OC)cc2)nn1)C1CCS(=O)(=O)C1. The van der Waals surface area contributed by atoms with Crippen LogP contribution in [0.25, 0.3) is 0 Å². The quantitative estimate of drug-likeness (QED) is 0.802. The highest BCUT2D eigenvalue weighted by atomic mass is 32.2. The molecule has 27 heavy (non-hydrogen) atoms. The van der Waals surface area contributed by atoms with Crippen LogP contribution in [-0.2, 0) is 9.84 Å². The average molecular weight is 390 g/mol. The standard InChI is InChI=1S/C18H22N4O4S/c1-3-22(14-10-11-27(24,25)12-14)17-9-8-16(20-21-17)18(23)19-13-4-6-15(26-2)7-5-13/h4-9,14H,3,10-12H2,1-2H3,(H,19,23). The normalized spacial score (nSPS) is 18.1. The number of rotatable bonds is 6. The molecule has 1 saturated heterocycles. The highest BCUT2D eigenvalue weighted by molar-refractivity contribution is 7.91. The Kier molecular flexibility index (Phi) is 5.59. The molecule has 1 aliphatic heterocycles. The lowest BCUT2D eigenvalue weighted by Crippen LogP contribution is -2.37. The van der Waals surface area contributed by atoms with Crippen molar-refractivity contribution >= 4 is 27.2 Å². The zero-order chi connectivity index (χ0) is 19.4. The number of ether oxygens (including phenoxy) is 1. The van der Waals surface area contributed by atoms with Crippen LogP contribution in [-0.4, -0.2) is 55.7 Å². The summed E-state index contributed by atoms with van der Waals surface area (Å²) in [6.07, 6.45) is 0.581. The van der Waals surface area contributed by atoms with E-state index in [4.69, 9.17) is 4.74 Å². The molecule has 144 valence electrons. The van der Waals surface area contributed by atoms with Crippen LogP contribution in [0.2, 0.25) is 0 Å². The van der Waals surface area contributed by atoms with Crippen molar-refractivity contribution in [2.75, 3.05) is 35.4 Å². The Morgan fingerprint density at radius 2 is 1.96 bits per heavy atom. The zero-order valence-electron chi connectivity index (χ0n) is 15.3. The molecule has 1 unspecified atom stereocenters. The molecule has 0 spiro atoms. The van der Waals surface area contributed by atoms with Gasteiger partial charge in [0, 0.05) is 18.3 Å². The van der Waals surface area contributed by atoms with Crippen molar-refractivity contribution in [1.82, 2.24) is 10.2 Å². The van der Waals surface area contributed by atoms with Crippen molar-refractivity contribution in [3.63, 3.8) is 0 Å². The van der Waals surface area contributed by atoms with Gasteiger partial charge >= 0.3 is 0 Å². The van der Waals surface area contributed by atoms with Crippen LogP contribution in [0.15, 0.2) is 36.4 Å². The smallest absolute Gasteiger partial charge is 0.276 e. The van der Waals surface area contributed by atoms with Crippen LogP contribution in [0.5, 0.6) is 5.75 Å². The summed E-state index contributed by atoms with van der Waals surface area (Å²) in [6.45, 7) is 2.56. The molecule has 0 bridgehead atoms. The van der Waals surface area contributed by atoms with Gasteiger partial charge in [0.15, 0.2) is 21.3 Å². The predicted molar refractivity (Wildman–Crippen MR) is 103 cm³/mol. The Hall–Kier alpha value is -2.68. The summed E-state index contributed by atoms with van der Waals surface area (Å²) in [6, 6.07) is 10.2. The van der Waals surface area contributed by atoms with E-state index in [1.165, 1.54) is 0 Å². The van der Waals surface area contributed by atoms with Crippen LogP contribution >= 0.6 is 0 Å². The minimum absolute atomic E-state index is 0.103. The molecular formula is C18H22N4O4S. The Morgan fingerprint density at radius 1 is 1.22 bits per heavy atom. The van der Waals surface area contributed by atoms with E-state index < -0.39 is 9.84 Å². The molecule has 1 aromatic heterocycles. The third-order valence-electron chi connectivity index (χ3n) is 4.52. The van der Waals surface area contributed by atoms with E-state index in [0.717, 1.165) is 0 Å². The van der Waals surface area contributed by atoms with E-state index in [-0.39, 0.29) is 29.1 Å². The maximum absolute atomic E-state index is 12.3. The van der Waals surface area contributed by atoms with Gasteiger partial charge in [-0.3, -0.25) is 4.79 Å². The molecule has 1 amide bonds. The minimum Gasteiger partial charge on any atom is -0.497 e. The van der Waals surface area contributed by atoms with Gasteiger partial charge in [-0.05, 0) is 49.7 Å². The van der Waals surface area contributed by atoms with Crippen molar-refractivity contribution in [3.8, 4) is 5.75 Å². The Labute approximate surface area is 158 Å². The third-order valence-corrected chi connectivity index (χ3v) is 6.27. The van der Waals surface area contributed by atoms with Crippen molar-refractivity contribution in [2.24, 2.45) is 0 Å². The summed E-state index contributed by atoms with van der Waals surface area (Å²) in [5, 5.41) is 10.9. The summed E-state index contributed by atoms with van der Waals surface area (Å²) in [5.74, 6) is 1.23. The summed E-state index contributed by atoms with van der Waals surface area (Å²) in [4.78, 5) is 14.2. The van der Waals surface area contributed by atoms with Crippen LogP contribution in [0.1, 0.15) is 23.8 Å². The molecule has 9 heteroatoms. The molecule has 1 atom stereocenters. The first-order valence-electron chi connectivity index (χ1n) is 8.68. The number of hydrogen-bond acceptors (Lipinski definition) is 7. The van der Waals surface area contributed by atoms with E-state index >= 15 is 0 Å². The lowest BCUT2D eigenvalue weighted by Gasteiger charge is -2.27. The second kappa shape index (κ2) is 7.91. The molecule has 1 aliphatic rings. The number of anilines is 2. The first-order valence-corrected chi connectivity index (χ1v) is 10.5. The van der Waals surface area contributed by atoms with Crippen LogP contribution in [0, 0.1) is 0 Å². The monoisotopic (exact) mass is 390 g/mol. The summed E-state index contributed by atoms with van der Waals surface area (Å²) >= 11 is 0. The number of benzene rings is 1. The van der Waals surface area contributed by atoms with Gasteiger partial charge in [-0.15, -0.1) is 10.2 Å². The Balaban J connectivity index is 1.69. The summed E-state index contributed by atoms with van der Waals surface area (Å²) in [5.41, 5.74) is 0.808. The van der Waals surface area contributed by atoms with Gasteiger partial charge in [0.25, 0.3) is 5.91 Å². The number of nitrogens with one attached hydrogen (secondary N) is 1. The molecule has 0 aliphatic carbocycles. The van der Waals surface area contributed by atoms with E-state index in [9.17, 15) is 13.2 Å². The number of hydrogen-bond donors (Lipinski definition) is 1. The molecule has 1 fully saturated rings. The second-order valence-corrected chi connectivity index (χ2v) is 8.53. The number of nitrogens with zero attached hydrogens (tertiary/aromatic N) is 3. The largest absolute Gasteiger partial charge is 0.497 e. The van der Waals surface area contributed by atoms with Crippen LogP contribution in [0.4, 0.5) is 11.5 Å². The number of sulfone groups is 1. The van der Waals surface area contributed by atoms with Gasteiger partial charge in [0.2, 0.25) is 0 Å². The first-order chi connectivity index (χ1) is 12.9. The molecule has 8 nitrogen and oxygen atoms in total. The minimum atomic E-state index is -2.98. The Bertz CT molecular complexity index is 898. The molecule has 0 radical (unpaired) electrons. The van der Waals surface area contributed by atoms with Crippen molar-refractivity contribution in [2.45, 2.75) is 19.4 Å². The van der Waals surface area contributed by atoms with Gasteiger partial charge < -0.3 is 15.0 Å². The molecule has 1 N–H and O–H groups in total. The van der Waals surface area contributed by atoms with Gasteiger partial charge in [-0.1, -0.05) is 0 Å². The molecular weight excluding hydrogens is 368 g/mol. The lowest BCUT2D eigenvalue weighted by atomic mass is 10.2. The summed E-state index contributed by atoms with van der Waals surface area (Å²) < 4.78 is 28.5. The average Bonchev–Trinajstić information content (AvgIpc) is 3.03. The molecule has 0 saturated carbocycles. The van der Waals surface area contributed by atoms with E-state index in [1.807, 2.05) is 11.8 Å². The van der Waals surface area contributed by atoms with Crippen molar-refractivity contribution in [3.05, 3.63) is 42.1 Å². The third kappa shape index (κ3) is 4.54. The number of aromatic nitrogens is 2. The highest BCUT2D eigenvalue weighted by Crippen LogP contribution is 2.22. The number of amides is 1. The fraction of sp³-hybridized carbons (Fsp3) is 0.389. The molecule has 2 aromatic rings. The predicted octanol–water partition coefficient (Wildman–Crippen LogP) is 1.75. The van der Waals surface area contributed by atoms with Crippen LogP contribution in [0.3, 0.4) is 0 Å². The highest BCUT2D eigenvalue weighted by Gasteiger charge is 2.32. The lowest BCUT2D eigenvalue weighted by molar-refractivity contribution is 0.102. The van der Waals surface area contributed by atoms with E-state index in [2.05, 4.69) is 15.5 Å². The Morgan fingerprint density at radius 3 is 2.48 bits per heavy atom. The molecule has 3 rings (SSSR count). The maximum Gasteiger partial charge on any atom is 0.276 e. The number of carbonyl (C=O) groups is 1. The van der Waals surface area contributed by atoms with Crippen molar-refractivity contribution in [1.29, 1.82) is 0 Å². The van der Waals surface area contributed by atoms with Gasteiger partial charge in [0.05, 0.1) is 18.6 Å². The number of carbonyl (C=O) groups excluding carboxylic acids is 1. The molecule has 1 aromatic carbocycles. The van der Waals surface area contributed by atoms with E-state index in [0.29, 0.717) is 30.2 Å². The van der Waals surface area contributed by atoms with Gasteiger partial charge in [-0.25, -0.2) is 8.42 Å². The fourth-order valence-corrected chi connectivity index (χ4v) is 4.83. The van der Waals surface area contributed by atoms with Crippen LogP contribution < -0.4 is 15.0 Å². The fourth-order valence-electron chi connectivity index (χ4n) is 3.10. The topological polar surface area (TPSA) is 101 Å². The van der Waals surface area contributed by atoms with Gasteiger partial charge in [0.1, 0.15) is 5.75 Å². The second-order valence-electron chi connectivity index (χ2n) is 6.30. The maximum atomic E-state index is 12.3. The molecule has 2 heterocycles. The van der Waals surface area contributed by atoms with Crippen molar-refractivity contribution < 1.29 is 17.9 Å². The summed E-state index contributed by atoms with van der Waals surface area (Å²) in [7, 11) is -1.41. The zero-order valence-corrected chi connectivity index (χ0v) is 16.1.